The van der Waals surface area contributed by atoms with Crippen LogP contribution in [0.3, 0.4) is 0 Å². The molecule has 120 valence electrons. The van der Waals surface area contributed by atoms with Gasteiger partial charge in [-0.15, -0.1) is 11.3 Å². The van der Waals surface area contributed by atoms with Crippen molar-refractivity contribution < 1.29 is 14.3 Å². The highest BCUT2D eigenvalue weighted by atomic mass is 79.9. The SMILES string of the molecule is C=C1c2cc(OC)c(OC)cc2CCN1C(=O)c1sccc1Br. The molecule has 23 heavy (non-hydrogen) atoms. The van der Waals surface area contributed by atoms with Gasteiger partial charge in [0.05, 0.1) is 14.2 Å². The number of methoxy groups -OCH3 is 2. The molecule has 4 nitrogen and oxygen atoms in total. The van der Waals surface area contributed by atoms with Crippen molar-refractivity contribution in [3.8, 4) is 11.5 Å². The molecule has 6 heteroatoms. The maximum Gasteiger partial charge on any atom is 0.269 e. The number of carbonyl (C=O) groups excluding carboxylic acids is 1. The van der Waals surface area contributed by atoms with E-state index >= 15 is 0 Å². The van der Waals surface area contributed by atoms with Gasteiger partial charge in [-0.25, -0.2) is 0 Å². The number of benzene rings is 1. The van der Waals surface area contributed by atoms with E-state index in [0.717, 1.165) is 22.0 Å². The van der Waals surface area contributed by atoms with E-state index in [2.05, 4.69) is 22.5 Å². The fraction of sp³-hybridized carbons (Fsp3) is 0.235. The number of carbonyl (C=O) groups is 1. The van der Waals surface area contributed by atoms with Crippen molar-refractivity contribution in [3.05, 3.63) is 50.6 Å². The highest BCUT2D eigenvalue weighted by Crippen LogP contribution is 2.38. The number of thiophene rings is 1. The van der Waals surface area contributed by atoms with Crippen molar-refractivity contribution in [1.82, 2.24) is 4.90 Å². The molecule has 0 bridgehead atoms. The van der Waals surface area contributed by atoms with Crippen LogP contribution in [0.5, 0.6) is 11.5 Å². The minimum Gasteiger partial charge on any atom is -0.493 e. The number of ether oxygens (including phenoxy) is 2. The first-order valence-corrected chi connectivity index (χ1v) is 8.73. The Balaban J connectivity index is 1.97. The van der Waals surface area contributed by atoms with Crippen molar-refractivity contribution >= 4 is 38.9 Å². The quantitative estimate of drug-likeness (QED) is 0.784. The Kier molecular flexibility index (Phi) is 4.46. The summed E-state index contributed by atoms with van der Waals surface area (Å²) in [4.78, 5) is 15.2. The van der Waals surface area contributed by atoms with Gasteiger partial charge in [-0.2, -0.15) is 0 Å². The van der Waals surface area contributed by atoms with Gasteiger partial charge in [-0.3, -0.25) is 4.79 Å². The Bertz CT molecular complexity index is 784. The lowest BCUT2D eigenvalue weighted by molar-refractivity contribution is 0.0837. The lowest BCUT2D eigenvalue weighted by Crippen LogP contribution is -2.34. The third-order valence-electron chi connectivity index (χ3n) is 3.91. The van der Waals surface area contributed by atoms with Crippen molar-refractivity contribution in [2.24, 2.45) is 0 Å². The minimum atomic E-state index is -0.0303. The van der Waals surface area contributed by atoms with Crippen LogP contribution in [0, 0.1) is 0 Å². The van der Waals surface area contributed by atoms with Crippen molar-refractivity contribution in [2.75, 3.05) is 20.8 Å². The van der Waals surface area contributed by atoms with Crippen LogP contribution < -0.4 is 9.47 Å². The van der Waals surface area contributed by atoms with Crippen LogP contribution in [0.25, 0.3) is 5.70 Å². The fourth-order valence-corrected chi connectivity index (χ4v) is 4.19. The number of nitrogens with zero attached hydrogens (tertiary/aromatic N) is 1. The maximum absolute atomic E-state index is 12.8. The van der Waals surface area contributed by atoms with Crippen LogP contribution in [-0.4, -0.2) is 31.6 Å². The fourth-order valence-electron chi connectivity index (χ4n) is 2.70. The summed E-state index contributed by atoms with van der Waals surface area (Å²) >= 11 is 4.85. The molecule has 1 aliphatic heterocycles. The number of hydrogen-bond acceptors (Lipinski definition) is 4. The molecule has 2 heterocycles. The van der Waals surface area contributed by atoms with Gasteiger partial charge in [-0.1, -0.05) is 6.58 Å². The van der Waals surface area contributed by atoms with Gasteiger partial charge in [0.15, 0.2) is 11.5 Å². The average Bonchev–Trinajstić information content (AvgIpc) is 2.99. The number of rotatable bonds is 3. The van der Waals surface area contributed by atoms with Gasteiger partial charge < -0.3 is 14.4 Å². The maximum atomic E-state index is 12.8. The molecule has 1 amide bonds. The summed E-state index contributed by atoms with van der Waals surface area (Å²) < 4.78 is 11.5. The zero-order valence-electron chi connectivity index (χ0n) is 12.9. The molecule has 0 spiro atoms. The topological polar surface area (TPSA) is 38.8 Å². The molecule has 0 radical (unpaired) electrons. The minimum absolute atomic E-state index is 0.0303. The first kappa shape index (κ1) is 16.1. The van der Waals surface area contributed by atoms with Crippen molar-refractivity contribution in [2.45, 2.75) is 6.42 Å². The second kappa shape index (κ2) is 6.37. The Morgan fingerprint density at radius 3 is 2.61 bits per heavy atom. The molecule has 1 aliphatic rings. The first-order valence-electron chi connectivity index (χ1n) is 7.05. The Labute approximate surface area is 147 Å². The predicted molar refractivity (Wildman–Crippen MR) is 95.3 cm³/mol. The molecule has 1 aromatic heterocycles. The van der Waals surface area contributed by atoms with Gasteiger partial charge in [0.25, 0.3) is 5.91 Å². The lowest BCUT2D eigenvalue weighted by Gasteiger charge is -2.31. The molecular weight excluding hydrogens is 378 g/mol. The monoisotopic (exact) mass is 393 g/mol. The Morgan fingerprint density at radius 2 is 2.00 bits per heavy atom. The molecule has 3 rings (SSSR count). The standard InChI is InChI=1S/C17H16BrNO3S/c1-10-12-9-15(22-3)14(21-2)8-11(12)4-6-19(10)17(20)16-13(18)5-7-23-16/h5,7-9H,1,4,6H2,2-3H3. The molecule has 0 saturated carbocycles. The molecule has 0 atom stereocenters. The summed E-state index contributed by atoms with van der Waals surface area (Å²) in [6.07, 6.45) is 0.753. The third-order valence-corrected chi connectivity index (χ3v) is 5.73. The van der Waals surface area contributed by atoms with E-state index in [0.29, 0.717) is 28.6 Å². The van der Waals surface area contributed by atoms with Crippen molar-refractivity contribution in [3.63, 3.8) is 0 Å². The first-order chi connectivity index (χ1) is 11.1. The molecule has 0 N–H and O–H groups in total. The van der Waals surface area contributed by atoms with E-state index < -0.39 is 0 Å². The summed E-state index contributed by atoms with van der Waals surface area (Å²) in [5.41, 5.74) is 2.73. The second-order valence-electron chi connectivity index (χ2n) is 5.12. The zero-order valence-corrected chi connectivity index (χ0v) is 15.3. The molecule has 0 unspecified atom stereocenters. The highest BCUT2D eigenvalue weighted by Gasteiger charge is 2.28. The largest absolute Gasteiger partial charge is 0.493 e. The second-order valence-corrected chi connectivity index (χ2v) is 6.89. The van der Waals surface area contributed by atoms with Crippen LogP contribution >= 0.6 is 27.3 Å². The molecule has 0 saturated heterocycles. The summed E-state index contributed by atoms with van der Waals surface area (Å²) in [5, 5.41) is 1.89. The smallest absolute Gasteiger partial charge is 0.269 e. The summed E-state index contributed by atoms with van der Waals surface area (Å²) in [7, 11) is 3.22. The van der Waals surface area contributed by atoms with E-state index in [-0.39, 0.29) is 5.91 Å². The predicted octanol–water partition coefficient (Wildman–Crippen LogP) is 4.20. The van der Waals surface area contributed by atoms with E-state index in [4.69, 9.17) is 9.47 Å². The van der Waals surface area contributed by atoms with E-state index in [1.54, 1.807) is 19.1 Å². The van der Waals surface area contributed by atoms with Crippen molar-refractivity contribution in [1.29, 1.82) is 0 Å². The summed E-state index contributed by atoms with van der Waals surface area (Å²) in [6.45, 7) is 4.73. The van der Waals surface area contributed by atoms with Crippen LogP contribution in [0.4, 0.5) is 0 Å². The lowest BCUT2D eigenvalue weighted by atomic mass is 9.96. The van der Waals surface area contributed by atoms with Crippen LogP contribution in [-0.2, 0) is 6.42 Å². The Hall–Kier alpha value is -1.79. The molecule has 0 fully saturated rings. The van der Waals surface area contributed by atoms with E-state index in [9.17, 15) is 4.79 Å². The van der Waals surface area contributed by atoms with Gasteiger partial charge in [0.1, 0.15) is 4.88 Å². The third kappa shape index (κ3) is 2.77. The number of halogens is 1. The molecule has 2 aromatic rings. The molecule has 1 aromatic carbocycles. The highest BCUT2D eigenvalue weighted by molar-refractivity contribution is 9.10. The summed E-state index contributed by atoms with van der Waals surface area (Å²) in [6, 6.07) is 5.73. The van der Waals surface area contributed by atoms with Gasteiger partial charge in [0.2, 0.25) is 0 Å². The Morgan fingerprint density at radius 1 is 1.30 bits per heavy atom. The van der Waals surface area contributed by atoms with Gasteiger partial charge in [0, 0.05) is 22.3 Å². The van der Waals surface area contributed by atoms with Gasteiger partial charge in [-0.05, 0) is 51.5 Å². The number of hydrogen-bond donors (Lipinski definition) is 0. The van der Waals surface area contributed by atoms with E-state index in [1.165, 1.54) is 11.3 Å². The molecule has 0 aliphatic carbocycles. The number of amides is 1. The normalized spacial score (nSPS) is 13.7. The van der Waals surface area contributed by atoms with Gasteiger partial charge >= 0.3 is 0 Å². The van der Waals surface area contributed by atoms with Crippen LogP contribution in [0.2, 0.25) is 0 Å². The summed E-state index contributed by atoms with van der Waals surface area (Å²) in [5.74, 6) is 1.30. The average molecular weight is 394 g/mol. The zero-order chi connectivity index (χ0) is 16.6. The van der Waals surface area contributed by atoms with Crippen LogP contribution in [0.1, 0.15) is 20.8 Å². The molecular formula is C17H16BrNO3S. The van der Waals surface area contributed by atoms with Crippen LogP contribution in [0.15, 0.2) is 34.6 Å². The van der Waals surface area contributed by atoms with E-state index in [1.807, 2.05) is 23.6 Å². The number of fused-ring (bicyclic) bond motifs is 1.